The maximum Gasteiger partial charge on any atom is 0.130 e. The number of anilines is 1. The van der Waals surface area contributed by atoms with Crippen molar-refractivity contribution < 1.29 is 0 Å². The fraction of sp³-hybridized carbons (Fsp3) is 0.200. The van der Waals surface area contributed by atoms with E-state index in [9.17, 15) is 0 Å². The van der Waals surface area contributed by atoms with Gasteiger partial charge in [-0.3, -0.25) is 4.68 Å². The second kappa shape index (κ2) is 3.91. The molecule has 0 saturated carbocycles. The molecule has 0 fully saturated rings. The summed E-state index contributed by atoms with van der Waals surface area (Å²) in [6.07, 6.45) is 5.49. The molecule has 0 saturated heterocycles. The van der Waals surface area contributed by atoms with Gasteiger partial charge in [-0.25, -0.2) is 4.98 Å². The van der Waals surface area contributed by atoms with Crippen LogP contribution >= 0.6 is 0 Å². The van der Waals surface area contributed by atoms with Crippen molar-refractivity contribution in [2.45, 2.75) is 6.54 Å². The Morgan fingerprint density at radius 2 is 2.29 bits per heavy atom. The summed E-state index contributed by atoms with van der Waals surface area (Å²) >= 11 is 0. The van der Waals surface area contributed by atoms with Gasteiger partial charge in [0.05, 0.1) is 6.54 Å². The Balaban J connectivity index is 2.24. The van der Waals surface area contributed by atoms with Crippen LogP contribution in [0.5, 0.6) is 0 Å². The summed E-state index contributed by atoms with van der Waals surface area (Å²) in [5.74, 6) is 0.906. The molecule has 0 aromatic carbocycles. The largest absolute Gasteiger partial charge is 0.373 e. The van der Waals surface area contributed by atoms with E-state index < -0.39 is 0 Å². The fourth-order valence-electron chi connectivity index (χ4n) is 1.36. The van der Waals surface area contributed by atoms with Crippen LogP contribution in [0.4, 0.5) is 5.82 Å². The molecule has 0 bridgehead atoms. The third-order valence-corrected chi connectivity index (χ3v) is 2.02. The van der Waals surface area contributed by atoms with Crippen molar-refractivity contribution in [2.24, 2.45) is 0 Å². The van der Waals surface area contributed by atoms with Gasteiger partial charge in [-0.15, -0.1) is 0 Å². The number of nitrogens with one attached hydrogen (secondary N) is 1. The highest BCUT2D eigenvalue weighted by molar-refractivity contribution is 5.42. The normalized spacial score (nSPS) is 10.1. The molecule has 0 unspecified atom stereocenters. The van der Waals surface area contributed by atoms with E-state index in [0.29, 0.717) is 0 Å². The summed E-state index contributed by atoms with van der Waals surface area (Å²) in [7, 11) is 1.87. The zero-order valence-electron chi connectivity index (χ0n) is 8.01. The molecule has 2 aromatic heterocycles. The molecule has 2 aromatic rings. The molecule has 0 amide bonds. The monoisotopic (exact) mass is 188 g/mol. The molecule has 0 aliphatic carbocycles. The third kappa shape index (κ3) is 1.74. The second-order valence-electron chi connectivity index (χ2n) is 2.96. The minimum absolute atomic E-state index is 0.747. The van der Waals surface area contributed by atoms with Crippen molar-refractivity contribution in [3.63, 3.8) is 0 Å². The van der Waals surface area contributed by atoms with Gasteiger partial charge in [0.15, 0.2) is 0 Å². The predicted octanol–water partition coefficient (Wildman–Crippen LogP) is 1.37. The fourth-order valence-corrected chi connectivity index (χ4v) is 1.36. The molecule has 0 spiro atoms. The van der Waals surface area contributed by atoms with Crippen molar-refractivity contribution in [3.8, 4) is 0 Å². The highest BCUT2D eigenvalue weighted by Gasteiger charge is 2.01. The summed E-state index contributed by atoms with van der Waals surface area (Å²) in [5, 5.41) is 7.20. The molecule has 0 atom stereocenters. The lowest BCUT2D eigenvalue weighted by atomic mass is 10.2. The van der Waals surface area contributed by atoms with Gasteiger partial charge in [-0.05, 0) is 12.1 Å². The number of rotatable bonds is 3. The molecule has 4 nitrogen and oxygen atoms in total. The smallest absolute Gasteiger partial charge is 0.130 e. The molecule has 0 aliphatic rings. The van der Waals surface area contributed by atoms with Gasteiger partial charge >= 0.3 is 0 Å². The summed E-state index contributed by atoms with van der Waals surface area (Å²) in [6, 6.07) is 5.88. The van der Waals surface area contributed by atoms with Crippen LogP contribution in [0.15, 0.2) is 36.8 Å². The quantitative estimate of drug-likeness (QED) is 0.791. The maximum absolute atomic E-state index is 4.23. The van der Waals surface area contributed by atoms with Crippen LogP contribution in [0, 0.1) is 0 Å². The van der Waals surface area contributed by atoms with Gasteiger partial charge in [0.25, 0.3) is 0 Å². The Morgan fingerprint density at radius 3 is 3.00 bits per heavy atom. The number of hydrogen-bond donors (Lipinski definition) is 1. The topological polar surface area (TPSA) is 42.7 Å². The van der Waals surface area contributed by atoms with Gasteiger partial charge in [0.2, 0.25) is 0 Å². The van der Waals surface area contributed by atoms with Crippen LogP contribution in [0.1, 0.15) is 5.56 Å². The van der Waals surface area contributed by atoms with Crippen LogP contribution < -0.4 is 5.32 Å². The second-order valence-corrected chi connectivity index (χ2v) is 2.96. The molecule has 14 heavy (non-hydrogen) atoms. The van der Waals surface area contributed by atoms with Crippen molar-refractivity contribution in [2.75, 3.05) is 12.4 Å². The average molecular weight is 188 g/mol. The van der Waals surface area contributed by atoms with Crippen LogP contribution in [-0.2, 0) is 6.54 Å². The zero-order valence-corrected chi connectivity index (χ0v) is 8.01. The summed E-state index contributed by atoms with van der Waals surface area (Å²) < 4.78 is 1.87. The predicted molar refractivity (Wildman–Crippen MR) is 55.1 cm³/mol. The average Bonchev–Trinajstić information content (AvgIpc) is 2.71. The van der Waals surface area contributed by atoms with Crippen LogP contribution in [0.3, 0.4) is 0 Å². The lowest BCUT2D eigenvalue weighted by Gasteiger charge is -2.07. The molecular weight excluding hydrogens is 176 g/mol. The Bertz CT molecular complexity index is 394. The van der Waals surface area contributed by atoms with Crippen molar-refractivity contribution >= 4 is 5.82 Å². The number of aromatic nitrogens is 3. The minimum Gasteiger partial charge on any atom is -0.373 e. The minimum atomic E-state index is 0.747. The van der Waals surface area contributed by atoms with E-state index in [1.165, 1.54) is 0 Å². The van der Waals surface area contributed by atoms with Gasteiger partial charge in [-0.1, -0.05) is 6.07 Å². The van der Waals surface area contributed by atoms with E-state index in [-0.39, 0.29) is 0 Å². The molecule has 2 rings (SSSR count). The van der Waals surface area contributed by atoms with E-state index in [4.69, 9.17) is 0 Å². The third-order valence-electron chi connectivity index (χ3n) is 2.02. The Kier molecular flexibility index (Phi) is 2.44. The number of hydrogen-bond acceptors (Lipinski definition) is 3. The first kappa shape index (κ1) is 8.74. The van der Waals surface area contributed by atoms with Crippen LogP contribution in [0.2, 0.25) is 0 Å². The van der Waals surface area contributed by atoms with E-state index >= 15 is 0 Å². The zero-order chi connectivity index (χ0) is 9.80. The summed E-state index contributed by atoms with van der Waals surface area (Å²) in [4.78, 5) is 4.23. The molecule has 72 valence electrons. The Hall–Kier alpha value is -1.84. The highest BCUT2D eigenvalue weighted by Crippen LogP contribution is 2.11. The van der Waals surface area contributed by atoms with Gasteiger partial charge in [0, 0.05) is 31.2 Å². The first-order valence-corrected chi connectivity index (χ1v) is 4.49. The lowest BCUT2D eigenvalue weighted by molar-refractivity contribution is 0.686. The van der Waals surface area contributed by atoms with E-state index in [1.807, 2.05) is 36.1 Å². The Morgan fingerprint density at radius 1 is 1.36 bits per heavy atom. The van der Waals surface area contributed by atoms with Gasteiger partial charge in [0.1, 0.15) is 5.82 Å². The van der Waals surface area contributed by atoms with E-state index in [1.54, 1.807) is 12.4 Å². The number of pyridine rings is 1. The van der Waals surface area contributed by atoms with E-state index in [0.717, 1.165) is 17.9 Å². The van der Waals surface area contributed by atoms with Gasteiger partial charge in [-0.2, -0.15) is 5.10 Å². The summed E-state index contributed by atoms with van der Waals surface area (Å²) in [5.41, 5.74) is 1.14. The molecule has 4 heteroatoms. The van der Waals surface area contributed by atoms with E-state index in [2.05, 4.69) is 15.4 Å². The molecule has 2 heterocycles. The lowest BCUT2D eigenvalue weighted by Crippen LogP contribution is -2.04. The molecule has 0 aliphatic heterocycles. The number of nitrogens with zero attached hydrogens (tertiary/aromatic N) is 3. The standard InChI is InChI=1S/C10H12N4/c1-11-10-9(4-2-5-12-10)8-14-7-3-6-13-14/h2-7H,8H2,1H3,(H,11,12). The van der Waals surface area contributed by atoms with Crippen molar-refractivity contribution in [3.05, 3.63) is 42.4 Å². The van der Waals surface area contributed by atoms with Crippen molar-refractivity contribution in [1.29, 1.82) is 0 Å². The summed E-state index contributed by atoms with van der Waals surface area (Å²) in [6.45, 7) is 0.747. The van der Waals surface area contributed by atoms with Crippen molar-refractivity contribution in [1.82, 2.24) is 14.8 Å². The first-order chi connectivity index (χ1) is 6.90. The molecular formula is C10H12N4. The molecule has 1 N–H and O–H groups in total. The first-order valence-electron chi connectivity index (χ1n) is 4.49. The maximum atomic E-state index is 4.23. The highest BCUT2D eigenvalue weighted by atomic mass is 15.3. The van der Waals surface area contributed by atoms with Crippen LogP contribution in [0.25, 0.3) is 0 Å². The van der Waals surface area contributed by atoms with Gasteiger partial charge < -0.3 is 5.32 Å². The Labute approximate surface area is 82.6 Å². The van der Waals surface area contributed by atoms with Crippen LogP contribution in [-0.4, -0.2) is 21.8 Å². The molecule has 0 radical (unpaired) electrons. The SMILES string of the molecule is CNc1ncccc1Cn1cccn1.